The number of carbonyl (C=O) groups excluding carboxylic acids is 1. The molecule has 112 valence electrons. The molecular formula is C18H23NO2. The minimum Gasteiger partial charge on any atom is -0.484 e. The molecule has 2 atom stereocenters. The minimum atomic E-state index is 0.115. The van der Waals surface area contributed by atoms with Gasteiger partial charge in [-0.15, -0.1) is 0 Å². The summed E-state index contributed by atoms with van der Waals surface area (Å²) in [5.41, 5.74) is 2.30. The Kier molecular flexibility index (Phi) is 4.00. The van der Waals surface area contributed by atoms with Crippen LogP contribution in [0.15, 0.2) is 30.4 Å². The molecule has 2 aliphatic rings. The molecule has 3 nitrogen and oxygen atoms in total. The maximum atomic E-state index is 12.3. The van der Waals surface area contributed by atoms with Gasteiger partial charge >= 0.3 is 0 Å². The molecule has 1 aliphatic carbocycles. The molecular weight excluding hydrogens is 262 g/mol. The number of rotatable bonds is 3. The molecule has 3 rings (SSSR count). The van der Waals surface area contributed by atoms with Crippen molar-refractivity contribution in [3.05, 3.63) is 41.5 Å². The number of benzene rings is 1. The third-order valence-corrected chi connectivity index (χ3v) is 4.66. The Morgan fingerprint density at radius 1 is 1.19 bits per heavy atom. The summed E-state index contributed by atoms with van der Waals surface area (Å²) in [4.78, 5) is 14.3. The lowest BCUT2D eigenvalue weighted by Crippen LogP contribution is -2.33. The van der Waals surface area contributed by atoms with Gasteiger partial charge in [0.15, 0.2) is 6.61 Å². The van der Waals surface area contributed by atoms with Gasteiger partial charge in [-0.2, -0.15) is 0 Å². The van der Waals surface area contributed by atoms with Gasteiger partial charge < -0.3 is 9.64 Å². The first-order valence-corrected chi connectivity index (χ1v) is 7.76. The van der Waals surface area contributed by atoms with Crippen molar-refractivity contribution in [3.8, 4) is 5.75 Å². The van der Waals surface area contributed by atoms with E-state index in [1.54, 1.807) is 0 Å². The average Bonchev–Trinajstić information content (AvgIpc) is 2.90. The van der Waals surface area contributed by atoms with Crippen LogP contribution in [0.3, 0.4) is 0 Å². The van der Waals surface area contributed by atoms with Gasteiger partial charge in [-0.1, -0.05) is 29.8 Å². The predicted octanol–water partition coefficient (Wildman–Crippen LogP) is 3.11. The summed E-state index contributed by atoms with van der Waals surface area (Å²) in [5, 5.41) is 0. The molecule has 0 spiro atoms. The van der Waals surface area contributed by atoms with Gasteiger partial charge in [0.1, 0.15) is 5.75 Å². The molecule has 0 N–H and O–H groups in total. The Bertz CT molecular complexity index is 548. The highest BCUT2D eigenvalue weighted by molar-refractivity contribution is 5.78. The summed E-state index contributed by atoms with van der Waals surface area (Å²) in [7, 11) is 0. The van der Waals surface area contributed by atoms with Crippen LogP contribution in [0.5, 0.6) is 5.75 Å². The number of carbonyl (C=O) groups is 1. The number of amides is 1. The van der Waals surface area contributed by atoms with Gasteiger partial charge in [0.2, 0.25) is 0 Å². The highest BCUT2D eigenvalue weighted by Crippen LogP contribution is 2.32. The normalized spacial score (nSPS) is 24.0. The van der Waals surface area contributed by atoms with Gasteiger partial charge in [0.25, 0.3) is 5.91 Å². The Morgan fingerprint density at radius 2 is 1.86 bits per heavy atom. The second-order valence-corrected chi connectivity index (χ2v) is 6.32. The van der Waals surface area contributed by atoms with Crippen molar-refractivity contribution in [1.29, 1.82) is 0 Å². The largest absolute Gasteiger partial charge is 0.484 e. The monoisotopic (exact) mass is 285 g/mol. The third-order valence-electron chi connectivity index (χ3n) is 4.66. The predicted molar refractivity (Wildman–Crippen MR) is 83.3 cm³/mol. The molecule has 1 amide bonds. The lowest BCUT2D eigenvalue weighted by Gasteiger charge is -2.17. The van der Waals surface area contributed by atoms with E-state index in [-0.39, 0.29) is 12.5 Å². The fourth-order valence-corrected chi connectivity index (χ4v) is 3.41. The van der Waals surface area contributed by atoms with E-state index in [0.29, 0.717) is 11.8 Å². The molecule has 1 saturated heterocycles. The van der Waals surface area contributed by atoms with E-state index >= 15 is 0 Å². The van der Waals surface area contributed by atoms with Crippen LogP contribution in [-0.4, -0.2) is 30.5 Å². The van der Waals surface area contributed by atoms with E-state index in [1.165, 1.54) is 5.56 Å². The fraction of sp³-hybridized carbons (Fsp3) is 0.500. The molecule has 1 aromatic rings. The standard InChI is InChI=1S/C18H23NO2/c1-13-7-8-17(14(2)9-13)21-12-18(20)19-10-15-5-3-4-6-16(15)11-19/h3-4,7-9,15-16H,5-6,10-12H2,1-2H3. The van der Waals surface area contributed by atoms with Crippen molar-refractivity contribution < 1.29 is 9.53 Å². The van der Waals surface area contributed by atoms with Crippen molar-refractivity contribution in [2.45, 2.75) is 26.7 Å². The van der Waals surface area contributed by atoms with Crippen molar-refractivity contribution in [2.75, 3.05) is 19.7 Å². The molecule has 0 radical (unpaired) electrons. The molecule has 1 heterocycles. The van der Waals surface area contributed by atoms with Gasteiger partial charge in [0, 0.05) is 13.1 Å². The number of allylic oxidation sites excluding steroid dienone is 2. The summed E-state index contributed by atoms with van der Waals surface area (Å²) in [5.74, 6) is 2.23. The summed E-state index contributed by atoms with van der Waals surface area (Å²) >= 11 is 0. The minimum absolute atomic E-state index is 0.115. The van der Waals surface area contributed by atoms with E-state index in [1.807, 2.05) is 24.0 Å². The van der Waals surface area contributed by atoms with Gasteiger partial charge in [-0.3, -0.25) is 4.79 Å². The SMILES string of the molecule is Cc1ccc(OCC(=O)N2CC3CC=CCC3C2)c(C)c1. The molecule has 1 fully saturated rings. The van der Waals surface area contributed by atoms with Crippen LogP contribution in [0.4, 0.5) is 0 Å². The molecule has 2 unspecified atom stereocenters. The van der Waals surface area contributed by atoms with Crippen LogP contribution in [0.25, 0.3) is 0 Å². The number of hydrogen-bond donors (Lipinski definition) is 0. The van der Waals surface area contributed by atoms with Crippen LogP contribution in [0.1, 0.15) is 24.0 Å². The molecule has 0 aromatic heterocycles. The van der Waals surface area contributed by atoms with Gasteiger partial charge in [-0.25, -0.2) is 0 Å². The number of aryl methyl sites for hydroxylation is 2. The van der Waals surface area contributed by atoms with Crippen LogP contribution in [0, 0.1) is 25.7 Å². The first-order valence-electron chi connectivity index (χ1n) is 7.76. The van der Waals surface area contributed by atoms with E-state index in [0.717, 1.165) is 37.2 Å². The average molecular weight is 285 g/mol. The molecule has 3 heteroatoms. The smallest absolute Gasteiger partial charge is 0.260 e. The topological polar surface area (TPSA) is 29.5 Å². The number of nitrogens with zero attached hydrogens (tertiary/aromatic N) is 1. The van der Waals surface area contributed by atoms with Crippen LogP contribution in [-0.2, 0) is 4.79 Å². The maximum Gasteiger partial charge on any atom is 0.260 e. The summed E-state index contributed by atoms with van der Waals surface area (Å²) in [6.07, 6.45) is 6.74. The fourth-order valence-electron chi connectivity index (χ4n) is 3.41. The van der Waals surface area contributed by atoms with Crippen molar-refractivity contribution in [3.63, 3.8) is 0 Å². The number of likely N-dealkylation sites (tertiary alicyclic amines) is 1. The first-order chi connectivity index (χ1) is 10.1. The molecule has 0 bridgehead atoms. The first kappa shape index (κ1) is 14.2. The van der Waals surface area contributed by atoms with Crippen molar-refractivity contribution in [1.82, 2.24) is 4.90 Å². The van der Waals surface area contributed by atoms with Crippen molar-refractivity contribution >= 4 is 5.91 Å². The van der Waals surface area contributed by atoms with Gasteiger partial charge in [0.05, 0.1) is 0 Å². The molecule has 1 aliphatic heterocycles. The number of ether oxygens (including phenoxy) is 1. The second kappa shape index (κ2) is 5.92. The van der Waals surface area contributed by atoms with Crippen LogP contribution < -0.4 is 4.74 Å². The van der Waals surface area contributed by atoms with Crippen LogP contribution in [0.2, 0.25) is 0 Å². The maximum absolute atomic E-state index is 12.3. The van der Waals surface area contributed by atoms with Crippen LogP contribution >= 0.6 is 0 Å². The summed E-state index contributed by atoms with van der Waals surface area (Å²) in [6, 6.07) is 6.05. The molecule has 21 heavy (non-hydrogen) atoms. The Morgan fingerprint density at radius 3 is 2.48 bits per heavy atom. The lowest BCUT2D eigenvalue weighted by molar-refractivity contribution is -0.132. The Labute approximate surface area is 126 Å². The zero-order valence-corrected chi connectivity index (χ0v) is 12.8. The third kappa shape index (κ3) is 3.12. The summed E-state index contributed by atoms with van der Waals surface area (Å²) < 4.78 is 5.71. The molecule has 0 saturated carbocycles. The second-order valence-electron chi connectivity index (χ2n) is 6.32. The Balaban J connectivity index is 1.55. The van der Waals surface area contributed by atoms with E-state index in [9.17, 15) is 4.79 Å². The van der Waals surface area contributed by atoms with Crippen molar-refractivity contribution in [2.24, 2.45) is 11.8 Å². The van der Waals surface area contributed by atoms with E-state index in [4.69, 9.17) is 4.74 Å². The molecule has 1 aromatic carbocycles. The quantitative estimate of drug-likeness (QED) is 0.799. The highest BCUT2D eigenvalue weighted by Gasteiger charge is 2.35. The van der Waals surface area contributed by atoms with E-state index in [2.05, 4.69) is 25.1 Å². The Hall–Kier alpha value is -1.77. The number of fused-ring (bicyclic) bond motifs is 1. The van der Waals surface area contributed by atoms with E-state index < -0.39 is 0 Å². The number of hydrogen-bond acceptors (Lipinski definition) is 2. The zero-order valence-electron chi connectivity index (χ0n) is 12.8. The zero-order chi connectivity index (χ0) is 14.8. The highest BCUT2D eigenvalue weighted by atomic mass is 16.5. The summed E-state index contributed by atoms with van der Waals surface area (Å²) in [6.45, 7) is 6.01. The van der Waals surface area contributed by atoms with Gasteiger partial charge in [-0.05, 0) is 50.2 Å². The lowest BCUT2D eigenvalue weighted by atomic mass is 9.86.